The fraction of sp³-hybridized carbons (Fsp3) is 0.0625. The summed E-state index contributed by atoms with van der Waals surface area (Å²) in [6.45, 7) is 0. The standard InChI is InChI=1S/C16H10O4S/c1-21-12-4-2-3-10-13(12)15(18)9-6-5-8(16(19)20)7-11(9)14(10)17/h2-7H,1H3,(H,19,20). The Balaban J connectivity index is 2.27. The molecule has 0 aromatic heterocycles. The quantitative estimate of drug-likeness (QED) is 0.737. The van der Waals surface area contributed by atoms with Gasteiger partial charge in [0.05, 0.1) is 5.56 Å². The molecule has 2 aromatic rings. The highest BCUT2D eigenvalue weighted by Crippen LogP contribution is 2.33. The van der Waals surface area contributed by atoms with Crippen molar-refractivity contribution in [1.82, 2.24) is 0 Å². The van der Waals surface area contributed by atoms with Gasteiger partial charge in [0, 0.05) is 27.1 Å². The number of hydrogen-bond donors (Lipinski definition) is 1. The van der Waals surface area contributed by atoms with Gasteiger partial charge in [-0.05, 0) is 30.5 Å². The first kappa shape index (κ1) is 13.6. The van der Waals surface area contributed by atoms with E-state index < -0.39 is 5.97 Å². The minimum atomic E-state index is -1.12. The Kier molecular flexibility index (Phi) is 3.14. The highest BCUT2D eigenvalue weighted by molar-refractivity contribution is 7.98. The predicted octanol–water partition coefficient (Wildman–Crippen LogP) is 2.88. The van der Waals surface area contributed by atoms with Gasteiger partial charge >= 0.3 is 5.97 Å². The van der Waals surface area contributed by atoms with Crippen molar-refractivity contribution in [2.75, 3.05) is 6.26 Å². The van der Waals surface area contributed by atoms with E-state index in [9.17, 15) is 14.4 Å². The van der Waals surface area contributed by atoms with Crippen LogP contribution in [0.3, 0.4) is 0 Å². The number of hydrogen-bond acceptors (Lipinski definition) is 4. The highest BCUT2D eigenvalue weighted by atomic mass is 32.2. The lowest BCUT2D eigenvalue weighted by Crippen LogP contribution is -2.22. The number of fused-ring (bicyclic) bond motifs is 2. The molecular formula is C16H10O4S. The first-order valence-corrected chi connectivity index (χ1v) is 7.41. The molecule has 0 aliphatic heterocycles. The first-order chi connectivity index (χ1) is 10.0. The van der Waals surface area contributed by atoms with Crippen LogP contribution in [0.15, 0.2) is 41.3 Å². The number of carboxylic acid groups (broad SMARTS) is 1. The molecule has 2 aromatic carbocycles. The van der Waals surface area contributed by atoms with E-state index in [2.05, 4.69) is 0 Å². The molecule has 0 fully saturated rings. The van der Waals surface area contributed by atoms with Crippen LogP contribution in [0.1, 0.15) is 42.2 Å². The zero-order valence-corrected chi connectivity index (χ0v) is 11.9. The van der Waals surface area contributed by atoms with Crippen molar-refractivity contribution in [3.05, 3.63) is 64.2 Å². The van der Waals surface area contributed by atoms with Gasteiger partial charge in [-0.15, -0.1) is 11.8 Å². The van der Waals surface area contributed by atoms with Crippen LogP contribution in [0.25, 0.3) is 0 Å². The maximum absolute atomic E-state index is 12.6. The number of rotatable bonds is 2. The predicted molar refractivity (Wildman–Crippen MR) is 78.5 cm³/mol. The van der Waals surface area contributed by atoms with E-state index in [0.717, 1.165) is 4.90 Å². The maximum Gasteiger partial charge on any atom is 0.335 e. The van der Waals surface area contributed by atoms with Crippen molar-refractivity contribution in [1.29, 1.82) is 0 Å². The third kappa shape index (κ3) is 1.97. The van der Waals surface area contributed by atoms with Gasteiger partial charge in [0.2, 0.25) is 0 Å². The Morgan fingerprint density at radius 3 is 2.43 bits per heavy atom. The summed E-state index contributed by atoms with van der Waals surface area (Å²) < 4.78 is 0. The Morgan fingerprint density at radius 1 is 1.00 bits per heavy atom. The van der Waals surface area contributed by atoms with Gasteiger partial charge in [0.1, 0.15) is 0 Å². The van der Waals surface area contributed by atoms with Gasteiger partial charge in [0.15, 0.2) is 11.6 Å². The summed E-state index contributed by atoms with van der Waals surface area (Å²) in [5.74, 6) is -1.67. The molecule has 1 aliphatic carbocycles. The summed E-state index contributed by atoms with van der Waals surface area (Å²) in [5, 5.41) is 9.02. The number of carbonyl (C=O) groups is 3. The minimum absolute atomic E-state index is 0.000582. The van der Waals surface area contributed by atoms with Crippen LogP contribution < -0.4 is 0 Å². The van der Waals surface area contributed by atoms with E-state index in [0.29, 0.717) is 11.1 Å². The molecule has 1 N–H and O–H groups in total. The molecule has 0 atom stereocenters. The van der Waals surface area contributed by atoms with Crippen molar-refractivity contribution in [2.45, 2.75) is 4.90 Å². The number of aromatic carboxylic acids is 1. The molecule has 4 nitrogen and oxygen atoms in total. The van der Waals surface area contributed by atoms with Crippen LogP contribution in [0.4, 0.5) is 0 Å². The van der Waals surface area contributed by atoms with Crippen molar-refractivity contribution in [3.8, 4) is 0 Å². The molecule has 0 amide bonds. The molecule has 1 aliphatic rings. The number of ketones is 2. The average molecular weight is 298 g/mol. The molecule has 5 heteroatoms. The van der Waals surface area contributed by atoms with Crippen LogP contribution in [-0.2, 0) is 0 Å². The van der Waals surface area contributed by atoms with E-state index >= 15 is 0 Å². The summed E-state index contributed by atoms with van der Waals surface area (Å²) in [7, 11) is 0. The van der Waals surface area contributed by atoms with Gasteiger partial charge in [-0.3, -0.25) is 9.59 Å². The molecule has 3 rings (SSSR count). The zero-order chi connectivity index (χ0) is 15.1. The first-order valence-electron chi connectivity index (χ1n) is 6.18. The number of carbonyl (C=O) groups excluding carboxylic acids is 2. The number of carboxylic acids is 1. The summed E-state index contributed by atoms with van der Waals surface area (Å²) in [4.78, 5) is 36.9. The molecule has 104 valence electrons. The van der Waals surface area contributed by atoms with Crippen molar-refractivity contribution in [2.24, 2.45) is 0 Å². The summed E-state index contributed by atoms with van der Waals surface area (Å²) in [6.07, 6.45) is 1.84. The van der Waals surface area contributed by atoms with Crippen LogP contribution >= 0.6 is 11.8 Å². The Morgan fingerprint density at radius 2 is 1.76 bits per heavy atom. The van der Waals surface area contributed by atoms with Crippen LogP contribution in [0.2, 0.25) is 0 Å². The third-order valence-electron chi connectivity index (χ3n) is 3.47. The minimum Gasteiger partial charge on any atom is -0.478 e. The van der Waals surface area contributed by atoms with Crippen molar-refractivity contribution < 1.29 is 19.5 Å². The van der Waals surface area contributed by atoms with Gasteiger partial charge < -0.3 is 5.11 Å². The van der Waals surface area contributed by atoms with E-state index in [4.69, 9.17) is 5.11 Å². The topological polar surface area (TPSA) is 71.4 Å². The summed E-state index contributed by atoms with van der Waals surface area (Å²) in [5.41, 5.74) is 1.16. The lowest BCUT2D eigenvalue weighted by molar-refractivity contribution is 0.0696. The average Bonchev–Trinajstić information content (AvgIpc) is 2.51. The molecule has 0 radical (unpaired) electrons. The summed E-state index contributed by atoms with van der Waals surface area (Å²) >= 11 is 1.40. The monoisotopic (exact) mass is 298 g/mol. The largest absolute Gasteiger partial charge is 0.478 e. The van der Waals surface area contributed by atoms with Gasteiger partial charge in [-0.25, -0.2) is 4.79 Å². The van der Waals surface area contributed by atoms with Gasteiger partial charge in [-0.2, -0.15) is 0 Å². The third-order valence-corrected chi connectivity index (χ3v) is 4.25. The smallest absolute Gasteiger partial charge is 0.335 e. The lowest BCUT2D eigenvalue weighted by Gasteiger charge is -2.19. The Labute approximate surface area is 124 Å². The second kappa shape index (κ2) is 4.86. The molecule has 0 unspecified atom stereocenters. The highest BCUT2D eigenvalue weighted by Gasteiger charge is 2.31. The number of thioether (sulfide) groups is 1. The molecular weight excluding hydrogens is 288 g/mol. The lowest BCUT2D eigenvalue weighted by atomic mass is 9.83. The van der Waals surface area contributed by atoms with E-state index in [1.54, 1.807) is 18.2 Å². The Bertz CT molecular complexity index is 808. The fourth-order valence-electron chi connectivity index (χ4n) is 2.47. The SMILES string of the molecule is CSc1cccc2c1C(=O)c1ccc(C(=O)O)cc1C2=O. The van der Waals surface area contributed by atoms with Crippen molar-refractivity contribution in [3.63, 3.8) is 0 Å². The van der Waals surface area contributed by atoms with Crippen molar-refractivity contribution >= 4 is 29.3 Å². The summed E-state index contributed by atoms with van der Waals surface area (Å²) in [6, 6.07) is 9.16. The second-order valence-electron chi connectivity index (χ2n) is 4.61. The maximum atomic E-state index is 12.6. The second-order valence-corrected chi connectivity index (χ2v) is 5.45. The molecule has 0 saturated heterocycles. The van der Waals surface area contributed by atoms with Crippen LogP contribution in [0, 0.1) is 0 Å². The van der Waals surface area contributed by atoms with Gasteiger partial charge in [0.25, 0.3) is 0 Å². The van der Waals surface area contributed by atoms with Crippen LogP contribution in [-0.4, -0.2) is 28.9 Å². The fourth-order valence-corrected chi connectivity index (χ4v) is 3.09. The normalized spacial score (nSPS) is 12.8. The molecule has 0 saturated carbocycles. The van der Waals surface area contributed by atoms with Crippen LogP contribution in [0.5, 0.6) is 0 Å². The molecule has 0 heterocycles. The van der Waals surface area contributed by atoms with E-state index in [1.165, 1.54) is 30.0 Å². The zero-order valence-electron chi connectivity index (χ0n) is 11.0. The Hall–Kier alpha value is -2.40. The molecule has 21 heavy (non-hydrogen) atoms. The van der Waals surface area contributed by atoms with E-state index in [-0.39, 0.29) is 28.3 Å². The van der Waals surface area contributed by atoms with Gasteiger partial charge in [-0.1, -0.05) is 12.1 Å². The molecule has 0 bridgehead atoms. The molecule has 0 spiro atoms. The number of benzene rings is 2. The van der Waals surface area contributed by atoms with E-state index in [1.807, 2.05) is 6.26 Å².